The number of benzene rings is 1. The van der Waals surface area contributed by atoms with Crippen LogP contribution in [0.3, 0.4) is 0 Å². The molecule has 0 atom stereocenters. The van der Waals surface area contributed by atoms with E-state index in [1.807, 2.05) is 0 Å². The van der Waals surface area contributed by atoms with Gasteiger partial charge >= 0.3 is 6.18 Å². The molecule has 0 spiro atoms. The molecule has 1 aromatic carbocycles. The monoisotopic (exact) mass is 394 g/mol. The normalized spacial score (nSPS) is 13.1. The minimum Gasteiger partial charge on any atom is -0.356 e. The van der Waals surface area contributed by atoms with E-state index in [0.717, 1.165) is 11.8 Å². The number of nitrogens with one attached hydrogen (secondary N) is 2. The number of hydrogen-bond acceptors (Lipinski definition) is 4. The largest absolute Gasteiger partial charge is 0.401 e. The van der Waals surface area contributed by atoms with Gasteiger partial charge in [-0.2, -0.15) is 13.2 Å². The lowest BCUT2D eigenvalue weighted by molar-refractivity contribution is -0.142. The highest BCUT2D eigenvalue weighted by atomic mass is 32.2. The topological polar surface area (TPSA) is 73.8 Å². The molecular formula is C16H25F3N4O2S. The molecule has 0 saturated heterocycles. The predicted octanol–water partition coefficient (Wildman–Crippen LogP) is 1.29. The maximum absolute atomic E-state index is 12.2. The standard InChI is InChI=1S/C16H25F3N4O2S/c1-20-15(22-10-11-23(2)12-16(17,18)19)21-9-8-13-4-6-14(7-5-13)26(3,24)25/h4-7H,8-12H2,1-3H3,(H2,20,21,22). The van der Waals surface area contributed by atoms with Crippen LogP contribution in [0.1, 0.15) is 5.56 Å². The molecule has 2 N–H and O–H groups in total. The third kappa shape index (κ3) is 9.04. The van der Waals surface area contributed by atoms with Crippen LogP contribution in [0.4, 0.5) is 13.2 Å². The zero-order chi connectivity index (χ0) is 19.8. The molecule has 0 bridgehead atoms. The highest BCUT2D eigenvalue weighted by molar-refractivity contribution is 7.90. The highest BCUT2D eigenvalue weighted by Gasteiger charge is 2.28. The quantitative estimate of drug-likeness (QED) is 0.514. The lowest BCUT2D eigenvalue weighted by atomic mass is 10.1. The fourth-order valence-electron chi connectivity index (χ4n) is 2.20. The minimum atomic E-state index is -4.21. The Balaban J connectivity index is 2.34. The summed E-state index contributed by atoms with van der Waals surface area (Å²) in [5.74, 6) is 0.498. The van der Waals surface area contributed by atoms with Crippen molar-refractivity contribution in [1.29, 1.82) is 0 Å². The van der Waals surface area contributed by atoms with Gasteiger partial charge in [0.2, 0.25) is 0 Å². The number of likely N-dealkylation sites (N-methyl/N-ethyl adjacent to an activating group) is 1. The second-order valence-electron chi connectivity index (χ2n) is 5.94. The number of halogens is 3. The fourth-order valence-corrected chi connectivity index (χ4v) is 2.83. The van der Waals surface area contributed by atoms with Crippen molar-refractivity contribution in [2.45, 2.75) is 17.5 Å². The van der Waals surface area contributed by atoms with Crippen molar-refractivity contribution in [1.82, 2.24) is 15.5 Å². The molecule has 0 radical (unpaired) electrons. The first-order valence-corrected chi connectivity index (χ1v) is 9.89. The average molecular weight is 394 g/mol. The Morgan fingerprint density at radius 1 is 1.15 bits per heavy atom. The third-order valence-electron chi connectivity index (χ3n) is 3.52. The molecule has 6 nitrogen and oxygen atoms in total. The van der Waals surface area contributed by atoms with Crippen molar-refractivity contribution < 1.29 is 21.6 Å². The molecular weight excluding hydrogens is 369 g/mol. The Bertz CT molecular complexity index is 688. The SMILES string of the molecule is CN=C(NCCc1ccc(S(C)(=O)=O)cc1)NCCN(C)CC(F)(F)F. The van der Waals surface area contributed by atoms with Crippen molar-refractivity contribution >= 4 is 15.8 Å². The first-order valence-electron chi connectivity index (χ1n) is 8.00. The summed E-state index contributed by atoms with van der Waals surface area (Å²) in [6, 6.07) is 6.63. The number of rotatable bonds is 8. The average Bonchev–Trinajstić information content (AvgIpc) is 2.51. The summed E-state index contributed by atoms with van der Waals surface area (Å²) in [5.41, 5.74) is 0.963. The number of sulfone groups is 1. The molecule has 0 aliphatic heterocycles. The molecule has 0 aromatic heterocycles. The minimum absolute atomic E-state index is 0.229. The lowest BCUT2D eigenvalue weighted by Gasteiger charge is -2.19. The number of alkyl halides is 3. The smallest absolute Gasteiger partial charge is 0.356 e. The van der Waals surface area contributed by atoms with Crippen LogP contribution in [-0.4, -0.2) is 72.0 Å². The molecule has 10 heteroatoms. The van der Waals surface area contributed by atoms with E-state index in [2.05, 4.69) is 15.6 Å². The van der Waals surface area contributed by atoms with E-state index in [1.54, 1.807) is 31.3 Å². The fraction of sp³-hybridized carbons (Fsp3) is 0.562. The second kappa shape index (κ2) is 9.77. The number of guanidine groups is 1. The number of aliphatic imine (C=N–C) groups is 1. The Hall–Kier alpha value is -1.81. The molecule has 0 aliphatic rings. The first kappa shape index (κ1) is 22.2. The van der Waals surface area contributed by atoms with Gasteiger partial charge in [-0.25, -0.2) is 8.42 Å². The molecule has 0 unspecified atom stereocenters. The summed E-state index contributed by atoms with van der Waals surface area (Å²) in [6.07, 6.45) is -2.40. The third-order valence-corrected chi connectivity index (χ3v) is 4.64. The first-order chi connectivity index (χ1) is 12.0. The van der Waals surface area contributed by atoms with Crippen LogP contribution in [0.5, 0.6) is 0 Å². The Morgan fingerprint density at radius 2 is 1.73 bits per heavy atom. The van der Waals surface area contributed by atoms with Gasteiger partial charge in [0, 0.05) is 32.9 Å². The zero-order valence-corrected chi connectivity index (χ0v) is 15.9. The van der Waals surface area contributed by atoms with Gasteiger partial charge in [-0.15, -0.1) is 0 Å². The molecule has 26 heavy (non-hydrogen) atoms. The van der Waals surface area contributed by atoms with Crippen LogP contribution in [0.15, 0.2) is 34.2 Å². The molecule has 0 amide bonds. The van der Waals surface area contributed by atoms with E-state index < -0.39 is 22.6 Å². The van der Waals surface area contributed by atoms with E-state index in [9.17, 15) is 21.6 Å². The van der Waals surface area contributed by atoms with Crippen LogP contribution in [0.2, 0.25) is 0 Å². The molecule has 0 saturated carbocycles. The van der Waals surface area contributed by atoms with Gasteiger partial charge in [-0.3, -0.25) is 9.89 Å². The van der Waals surface area contributed by atoms with E-state index in [-0.39, 0.29) is 11.4 Å². The van der Waals surface area contributed by atoms with Crippen molar-refractivity contribution in [2.24, 2.45) is 4.99 Å². The molecule has 0 fully saturated rings. The highest BCUT2D eigenvalue weighted by Crippen LogP contribution is 2.15. The molecule has 0 aliphatic carbocycles. The summed E-state index contributed by atoms with van der Waals surface area (Å²) >= 11 is 0. The van der Waals surface area contributed by atoms with Crippen LogP contribution in [0.25, 0.3) is 0 Å². The van der Waals surface area contributed by atoms with E-state index >= 15 is 0 Å². The van der Waals surface area contributed by atoms with Crippen molar-refractivity contribution in [2.75, 3.05) is 46.5 Å². The maximum Gasteiger partial charge on any atom is 0.401 e. The van der Waals surface area contributed by atoms with Crippen LogP contribution in [-0.2, 0) is 16.3 Å². The van der Waals surface area contributed by atoms with Gasteiger partial charge in [0.1, 0.15) is 0 Å². The van der Waals surface area contributed by atoms with Gasteiger partial charge in [0.05, 0.1) is 11.4 Å². The summed E-state index contributed by atoms with van der Waals surface area (Å²) in [7, 11) is -0.218. The number of nitrogens with zero attached hydrogens (tertiary/aromatic N) is 2. The lowest BCUT2D eigenvalue weighted by Crippen LogP contribution is -2.42. The van der Waals surface area contributed by atoms with Gasteiger partial charge < -0.3 is 10.6 Å². The van der Waals surface area contributed by atoms with E-state index in [1.165, 1.54) is 11.9 Å². The van der Waals surface area contributed by atoms with Gasteiger partial charge in [0.15, 0.2) is 15.8 Å². The van der Waals surface area contributed by atoms with Crippen LogP contribution < -0.4 is 10.6 Å². The summed E-state index contributed by atoms with van der Waals surface area (Å²) in [4.78, 5) is 5.47. The van der Waals surface area contributed by atoms with Crippen molar-refractivity contribution in [3.05, 3.63) is 29.8 Å². The zero-order valence-electron chi connectivity index (χ0n) is 15.1. The number of hydrogen-bond donors (Lipinski definition) is 2. The maximum atomic E-state index is 12.2. The van der Waals surface area contributed by atoms with Gasteiger partial charge in [-0.1, -0.05) is 12.1 Å². The molecule has 0 heterocycles. The Kier molecular flexibility index (Phi) is 8.35. The molecule has 1 aromatic rings. The predicted molar refractivity (Wildman–Crippen MR) is 96.2 cm³/mol. The van der Waals surface area contributed by atoms with E-state index in [0.29, 0.717) is 25.5 Å². The van der Waals surface area contributed by atoms with Gasteiger partial charge in [0.25, 0.3) is 0 Å². The molecule has 148 valence electrons. The van der Waals surface area contributed by atoms with E-state index in [4.69, 9.17) is 0 Å². The Morgan fingerprint density at radius 3 is 2.23 bits per heavy atom. The van der Waals surface area contributed by atoms with Crippen molar-refractivity contribution in [3.63, 3.8) is 0 Å². The second-order valence-corrected chi connectivity index (χ2v) is 7.96. The van der Waals surface area contributed by atoms with Crippen molar-refractivity contribution in [3.8, 4) is 0 Å². The van der Waals surface area contributed by atoms with Gasteiger partial charge in [-0.05, 0) is 31.2 Å². The summed E-state index contributed by atoms with van der Waals surface area (Å²) < 4.78 is 59.6. The Labute approximate surface area is 152 Å². The van der Waals surface area contributed by atoms with Crippen LogP contribution >= 0.6 is 0 Å². The summed E-state index contributed by atoms with van der Waals surface area (Å²) in [6.45, 7) is 0.156. The molecule has 1 rings (SSSR count). The summed E-state index contributed by atoms with van der Waals surface area (Å²) in [5, 5.41) is 6.02. The van der Waals surface area contributed by atoms with Crippen LogP contribution in [0, 0.1) is 0 Å².